The SMILES string of the molecule is c1ccc(-c2ccc(N(c3cccc(-c4ccccc4)c3)c3cc4oc5cccnc5c4c4ccccc34)cc2)cc1. The van der Waals surface area contributed by atoms with Gasteiger partial charge in [0.15, 0.2) is 5.58 Å². The first-order valence-corrected chi connectivity index (χ1v) is 14.1. The van der Waals surface area contributed by atoms with Gasteiger partial charge in [0, 0.05) is 29.0 Å². The molecule has 0 atom stereocenters. The summed E-state index contributed by atoms with van der Waals surface area (Å²) < 4.78 is 6.40. The van der Waals surface area contributed by atoms with E-state index in [0.717, 1.165) is 55.5 Å². The van der Waals surface area contributed by atoms with Crippen molar-refractivity contribution in [3.8, 4) is 22.3 Å². The minimum atomic E-state index is 0.791. The second kappa shape index (κ2) is 10.1. The molecule has 8 rings (SSSR count). The van der Waals surface area contributed by atoms with Crippen LogP contribution in [-0.4, -0.2) is 4.98 Å². The molecule has 3 nitrogen and oxygen atoms in total. The smallest absolute Gasteiger partial charge is 0.153 e. The van der Waals surface area contributed by atoms with E-state index in [0.29, 0.717) is 0 Å². The van der Waals surface area contributed by atoms with Gasteiger partial charge in [-0.3, -0.25) is 4.98 Å². The highest BCUT2D eigenvalue weighted by Gasteiger charge is 2.21. The molecule has 0 aliphatic carbocycles. The first kappa shape index (κ1) is 24.2. The molecule has 3 heteroatoms. The highest BCUT2D eigenvalue weighted by atomic mass is 16.3. The molecule has 0 spiro atoms. The van der Waals surface area contributed by atoms with Gasteiger partial charge in [-0.15, -0.1) is 0 Å². The van der Waals surface area contributed by atoms with Gasteiger partial charge in [0.1, 0.15) is 11.1 Å². The molecule has 198 valence electrons. The number of hydrogen-bond donors (Lipinski definition) is 0. The molecule has 6 aromatic carbocycles. The number of nitrogens with zero attached hydrogens (tertiary/aromatic N) is 2. The lowest BCUT2D eigenvalue weighted by Gasteiger charge is -2.27. The van der Waals surface area contributed by atoms with Crippen LogP contribution in [0.5, 0.6) is 0 Å². The molecule has 0 radical (unpaired) electrons. The largest absolute Gasteiger partial charge is 0.454 e. The summed E-state index contributed by atoms with van der Waals surface area (Å²) in [6, 6.07) is 53.2. The summed E-state index contributed by atoms with van der Waals surface area (Å²) >= 11 is 0. The number of fused-ring (bicyclic) bond motifs is 5. The molecule has 0 saturated carbocycles. The van der Waals surface area contributed by atoms with Gasteiger partial charge in [-0.05, 0) is 64.0 Å². The Kier molecular flexibility index (Phi) is 5.79. The van der Waals surface area contributed by atoms with Crippen molar-refractivity contribution in [2.24, 2.45) is 0 Å². The number of benzene rings is 6. The number of pyridine rings is 1. The van der Waals surface area contributed by atoms with E-state index in [1.54, 1.807) is 0 Å². The highest BCUT2D eigenvalue weighted by molar-refractivity contribution is 6.21. The Bertz CT molecular complexity index is 2180. The Morgan fingerprint density at radius 2 is 1.10 bits per heavy atom. The molecule has 42 heavy (non-hydrogen) atoms. The van der Waals surface area contributed by atoms with Crippen LogP contribution >= 0.6 is 0 Å². The van der Waals surface area contributed by atoms with Gasteiger partial charge in [-0.2, -0.15) is 0 Å². The molecule has 0 fully saturated rings. The van der Waals surface area contributed by atoms with Crippen LogP contribution in [0.1, 0.15) is 0 Å². The summed E-state index contributed by atoms with van der Waals surface area (Å²) in [5.74, 6) is 0. The van der Waals surface area contributed by atoms with Crippen LogP contribution in [0.2, 0.25) is 0 Å². The third-order valence-corrected chi connectivity index (χ3v) is 7.90. The molecule has 2 aromatic heterocycles. The van der Waals surface area contributed by atoms with E-state index in [-0.39, 0.29) is 0 Å². The van der Waals surface area contributed by atoms with Gasteiger partial charge in [0.2, 0.25) is 0 Å². The summed E-state index contributed by atoms with van der Waals surface area (Å²) in [6.45, 7) is 0. The van der Waals surface area contributed by atoms with Crippen LogP contribution in [0, 0.1) is 0 Å². The molecule has 0 aliphatic rings. The van der Waals surface area contributed by atoms with Gasteiger partial charge in [-0.25, -0.2) is 0 Å². The summed E-state index contributed by atoms with van der Waals surface area (Å²) in [7, 11) is 0. The molecular weight excluding hydrogens is 512 g/mol. The van der Waals surface area contributed by atoms with E-state index in [1.807, 2.05) is 24.4 Å². The normalized spacial score (nSPS) is 11.3. The van der Waals surface area contributed by atoms with Crippen molar-refractivity contribution >= 4 is 49.9 Å². The van der Waals surface area contributed by atoms with Gasteiger partial charge in [-0.1, -0.05) is 109 Å². The fraction of sp³-hybridized carbons (Fsp3) is 0. The van der Waals surface area contributed by atoms with Crippen molar-refractivity contribution in [3.63, 3.8) is 0 Å². The first-order chi connectivity index (χ1) is 20.8. The van der Waals surface area contributed by atoms with Crippen molar-refractivity contribution in [1.29, 1.82) is 0 Å². The number of aromatic nitrogens is 1. The maximum absolute atomic E-state index is 6.40. The minimum Gasteiger partial charge on any atom is -0.454 e. The van der Waals surface area contributed by atoms with Crippen LogP contribution in [0.25, 0.3) is 55.1 Å². The second-order valence-electron chi connectivity index (χ2n) is 10.4. The topological polar surface area (TPSA) is 29.3 Å². The van der Waals surface area contributed by atoms with E-state index in [9.17, 15) is 0 Å². The zero-order chi connectivity index (χ0) is 27.9. The fourth-order valence-electron chi connectivity index (χ4n) is 5.94. The Hall–Kier alpha value is -5.67. The average molecular weight is 539 g/mol. The summed E-state index contributed by atoms with van der Waals surface area (Å²) in [6.07, 6.45) is 1.83. The van der Waals surface area contributed by atoms with Crippen molar-refractivity contribution in [2.75, 3.05) is 4.90 Å². The quantitative estimate of drug-likeness (QED) is 0.218. The van der Waals surface area contributed by atoms with Crippen LogP contribution in [0.3, 0.4) is 0 Å². The monoisotopic (exact) mass is 538 g/mol. The third kappa shape index (κ3) is 4.11. The van der Waals surface area contributed by atoms with Crippen molar-refractivity contribution in [2.45, 2.75) is 0 Å². The number of furan rings is 1. The summed E-state index contributed by atoms with van der Waals surface area (Å²) in [5.41, 5.74) is 10.4. The lowest BCUT2D eigenvalue weighted by atomic mass is 10.0. The Labute approximate surface area is 243 Å². The van der Waals surface area contributed by atoms with Crippen LogP contribution in [-0.2, 0) is 0 Å². The standard InChI is InChI=1S/C39H26N2O/c1-3-11-27(12-4-1)29-20-22-31(23-21-29)41(32-16-9-15-30(25-32)28-13-5-2-6-14-28)35-26-37-38(34-18-8-7-17-33(34)35)39-36(42-37)19-10-24-40-39/h1-26H. The molecule has 8 aromatic rings. The van der Waals surface area contributed by atoms with E-state index in [4.69, 9.17) is 4.42 Å². The lowest BCUT2D eigenvalue weighted by molar-refractivity contribution is 0.668. The van der Waals surface area contributed by atoms with Gasteiger partial charge in [0.25, 0.3) is 0 Å². The van der Waals surface area contributed by atoms with Crippen molar-refractivity contribution < 1.29 is 4.42 Å². The molecule has 0 unspecified atom stereocenters. The molecule has 0 bridgehead atoms. The number of hydrogen-bond acceptors (Lipinski definition) is 3. The Morgan fingerprint density at radius 3 is 1.86 bits per heavy atom. The molecule has 0 N–H and O–H groups in total. The van der Waals surface area contributed by atoms with Crippen LogP contribution in [0.15, 0.2) is 162 Å². The summed E-state index contributed by atoms with van der Waals surface area (Å²) in [5, 5.41) is 3.30. The van der Waals surface area contributed by atoms with E-state index < -0.39 is 0 Å². The lowest BCUT2D eigenvalue weighted by Crippen LogP contribution is -2.10. The maximum atomic E-state index is 6.40. The Morgan fingerprint density at radius 1 is 0.452 bits per heavy atom. The molecular formula is C39H26N2O. The van der Waals surface area contributed by atoms with Gasteiger partial charge < -0.3 is 9.32 Å². The first-order valence-electron chi connectivity index (χ1n) is 14.1. The third-order valence-electron chi connectivity index (χ3n) is 7.90. The average Bonchev–Trinajstić information content (AvgIpc) is 3.45. The zero-order valence-electron chi connectivity index (χ0n) is 22.8. The zero-order valence-corrected chi connectivity index (χ0v) is 22.8. The van der Waals surface area contributed by atoms with Crippen molar-refractivity contribution in [3.05, 3.63) is 158 Å². The number of anilines is 3. The Balaban J connectivity index is 1.38. The molecule has 0 aliphatic heterocycles. The van der Waals surface area contributed by atoms with Gasteiger partial charge in [0.05, 0.1) is 11.1 Å². The molecule has 0 amide bonds. The van der Waals surface area contributed by atoms with Gasteiger partial charge >= 0.3 is 0 Å². The van der Waals surface area contributed by atoms with E-state index in [2.05, 4.69) is 143 Å². The van der Waals surface area contributed by atoms with Crippen LogP contribution in [0.4, 0.5) is 17.1 Å². The second-order valence-corrected chi connectivity index (χ2v) is 10.4. The van der Waals surface area contributed by atoms with E-state index >= 15 is 0 Å². The minimum absolute atomic E-state index is 0.791. The fourth-order valence-corrected chi connectivity index (χ4v) is 5.94. The van der Waals surface area contributed by atoms with Crippen LogP contribution < -0.4 is 4.90 Å². The summed E-state index contributed by atoms with van der Waals surface area (Å²) in [4.78, 5) is 7.02. The maximum Gasteiger partial charge on any atom is 0.153 e. The van der Waals surface area contributed by atoms with Crippen molar-refractivity contribution in [1.82, 2.24) is 4.98 Å². The van der Waals surface area contributed by atoms with E-state index in [1.165, 1.54) is 16.7 Å². The highest BCUT2D eigenvalue weighted by Crippen LogP contribution is 2.45. The molecule has 0 saturated heterocycles. The molecule has 2 heterocycles. The number of rotatable bonds is 5. The predicted octanol–water partition coefficient (Wildman–Crippen LogP) is 10.9. The predicted molar refractivity (Wildman–Crippen MR) is 175 cm³/mol.